The second-order valence-corrected chi connectivity index (χ2v) is 6.65. The molecule has 2 N–H and O–H groups in total. The van der Waals surface area contributed by atoms with Crippen LogP contribution in [0, 0.1) is 18.3 Å². The molecule has 0 bridgehead atoms. The summed E-state index contributed by atoms with van der Waals surface area (Å²) in [4.78, 5) is 12.6. The molecule has 7 nitrogen and oxygen atoms in total. The van der Waals surface area contributed by atoms with Gasteiger partial charge in [0.1, 0.15) is 23.2 Å². The number of nitrogens with two attached hydrogens (primary N) is 1. The van der Waals surface area contributed by atoms with Crippen LogP contribution in [0.4, 0.5) is 0 Å². The summed E-state index contributed by atoms with van der Waals surface area (Å²) >= 11 is 0. The number of aryl methyl sites for hydroxylation is 1. The lowest BCUT2D eigenvalue weighted by Crippen LogP contribution is -2.26. The molecule has 1 aliphatic heterocycles. The van der Waals surface area contributed by atoms with Gasteiger partial charge in [0.15, 0.2) is 11.5 Å². The average Bonchev–Trinajstić information content (AvgIpc) is 2.61. The van der Waals surface area contributed by atoms with Gasteiger partial charge in [-0.15, -0.1) is 0 Å². The van der Waals surface area contributed by atoms with Crippen molar-refractivity contribution in [2.75, 3.05) is 6.61 Å². The van der Waals surface area contributed by atoms with Crippen LogP contribution < -0.4 is 25.6 Å². The van der Waals surface area contributed by atoms with Crippen LogP contribution in [0.1, 0.15) is 43.6 Å². The predicted octanol–water partition coefficient (Wildman–Crippen LogP) is 3.35. The molecule has 1 aromatic carbocycles. The number of fused-ring (bicyclic) bond motifs is 1. The van der Waals surface area contributed by atoms with E-state index in [0.717, 1.165) is 0 Å². The minimum Gasteiger partial charge on any atom is -0.490 e. The van der Waals surface area contributed by atoms with Gasteiger partial charge in [0.05, 0.1) is 24.2 Å². The van der Waals surface area contributed by atoms with Crippen LogP contribution in [0.5, 0.6) is 17.2 Å². The van der Waals surface area contributed by atoms with Gasteiger partial charge in [-0.3, -0.25) is 0 Å². The highest BCUT2D eigenvalue weighted by Gasteiger charge is 2.34. The molecule has 0 spiro atoms. The zero-order valence-electron chi connectivity index (χ0n) is 16.2. The molecule has 0 saturated heterocycles. The summed E-state index contributed by atoms with van der Waals surface area (Å²) in [5.74, 6) is 1.03. The summed E-state index contributed by atoms with van der Waals surface area (Å²) in [6, 6.07) is 8.94. The molecule has 0 unspecified atom stereocenters. The van der Waals surface area contributed by atoms with Crippen LogP contribution >= 0.6 is 0 Å². The van der Waals surface area contributed by atoms with Crippen molar-refractivity contribution >= 4 is 0 Å². The number of hydrogen-bond acceptors (Lipinski definition) is 7. The Hall–Kier alpha value is -3.40. The highest BCUT2D eigenvalue weighted by Crippen LogP contribution is 2.42. The first-order chi connectivity index (χ1) is 13.3. The highest BCUT2D eigenvalue weighted by molar-refractivity contribution is 5.57. The summed E-state index contributed by atoms with van der Waals surface area (Å²) in [7, 11) is 0. The number of allylic oxidation sites excluding steroid dienone is 1. The molecule has 2 heterocycles. The molecule has 0 amide bonds. The van der Waals surface area contributed by atoms with Crippen LogP contribution in [0.15, 0.2) is 44.9 Å². The number of benzene rings is 1. The fraction of sp³-hybridized carbons (Fsp3) is 0.333. The molecule has 3 rings (SSSR count). The standard InChI is InChI=1S/C21H22N2O5/c1-5-25-16-9-13(6-7-15(16)26-11(2)3)18-14(10-22)20(23)28-17-8-12(4)27-21(24)19(17)18/h6-9,11,18H,5,23H2,1-4H3/t18-/m1/s1. The second kappa shape index (κ2) is 7.69. The fourth-order valence-electron chi connectivity index (χ4n) is 3.17. The van der Waals surface area contributed by atoms with Gasteiger partial charge < -0.3 is 24.4 Å². The zero-order chi connectivity index (χ0) is 20.4. The van der Waals surface area contributed by atoms with Gasteiger partial charge in [0.2, 0.25) is 5.88 Å². The summed E-state index contributed by atoms with van der Waals surface area (Å²) < 4.78 is 22.3. The van der Waals surface area contributed by atoms with Crippen molar-refractivity contribution < 1.29 is 18.6 Å². The van der Waals surface area contributed by atoms with Gasteiger partial charge in [-0.1, -0.05) is 6.07 Å². The maximum Gasteiger partial charge on any atom is 0.343 e. The molecule has 1 atom stereocenters. The molecule has 7 heteroatoms. The fourth-order valence-corrected chi connectivity index (χ4v) is 3.17. The largest absolute Gasteiger partial charge is 0.490 e. The summed E-state index contributed by atoms with van der Waals surface area (Å²) in [6.07, 6.45) is -0.0332. The molecule has 146 valence electrons. The smallest absolute Gasteiger partial charge is 0.343 e. The Bertz CT molecular complexity index is 1030. The van der Waals surface area contributed by atoms with Crippen molar-refractivity contribution in [2.24, 2.45) is 5.73 Å². The third-order valence-electron chi connectivity index (χ3n) is 4.22. The van der Waals surface area contributed by atoms with Gasteiger partial charge >= 0.3 is 5.63 Å². The Balaban J connectivity index is 2.21. The average molecular weight is 382 g/mol. The van der Waals surface area contributed by atoms with Crippen LogP contribution in [0.25, 0.3) is 0 Å². The summed E-state index contributed by atoms with van der Waals surface area (Å²) in [5, 5.41) is 9.65. The zero-order valence-corrected chi connectivity index (χ0v) is 16.2. The van der Waals surface area contributed by atoms with Gasteiger partial charge in [-0.05, 0) is 45.4 Å². The van der Waals surface area contributed by atoms with Gasteiger partial charge in [0, 0.05) is 6.07 Å². The van der Waals surface area contributed by atoms with Crippen molar-refractivity contribution in [3.8, 4) is 23.3 Å². The predicted molar refractivity (Wildman–Crippen MR) is 102 cm³/mol. The summed E-state index contributed by atoms with van der Waals surface area (Å²) in [6.45, 7) is 7.79. The van der Waals surface area contributed by atoms with Crippen molar-refractivity contribution in [2.45, 2.75) is 39.7 Å². The molecular formula is C21H22N2O5. The first-order valence-corrected chi connectivity index (χ1v) is 9.01. The van der Waals surface area contributed by atoms with E-state index in [0.29, 0.717) is 29.4 Å². The molecule has 0 fully saturated rings. The number of nitrogens with zero attached hydrogens (tertiary/aromatic N) is 1. The number of hydrogen-bond donors (Lipinski definition) is 1. The Morgan fingerprint density at radius 1 is 1.29 bits per heavy atom. The van der Waals surface area contributed by atoms with E-state index in [1.807, 2.05) is 20.8 Å². The Labute approximate surface area is 162 Å². The van der Waals surface area contributed by atoms with Gasteiger partial charge in [-0.25, -0.2) is 4.79 Å². The van der Waals surface area contributed by atoms with E-state index in [1.54, 1.807) is 31.2 Å². The van der Waals surface area contributed by atoms with Crippen molar-refractivity contribution in [3.05, 3.63) is 63.0 Å². The minimum absolute atomic E-state index is 0.0332. The molecular weight excluding hydrogens is 360 g/mol. The minimum atomic E-state index is -0.724. The molecule has 0 saturated carbocycles. The van der Waals surface area contributed by atoms with E-state index in [-0.39, 0.29) is 28.9 Å². The van der Waals surface area contributed by atoms with Crippen LogP contribution in [0.2, 0.25) is 0 Å². The van der Waals surface area contributed by atoms with E-state index in [1.165, 1.54) is 0 Å². The van der Waals surface area contributed by atoms with Crippen molar-refractivity contribution in [3.63, 3.8) is 0 Å². The van der Waals surface area contributed by atoms with Crippen LogP contribution in [-0.4, -0.2) is 12.7 Å². The van der Waals surface area contributed by atoms with Crippen molar-refractivity contribution in [1.29, 1.82) is 5.26 Å². The first kappa shape index (κ1) is 19.4. The highest BCUT2D eigenvalue weighted by atomic mass is 16.5. The molecule has 1 aliphatic rings. The lowest BCUT2D eigenvalue weighted by molar-refractivity contribution is 0.223. The lowest BCUT2D eigenvalue weighted by atomic mass is 9.84. The molecule has 28 heavy (non-hydrogen) atoms. The Morgan fingerprint density at radius 2 is 2.04 bits per heavy atom. The maximum absolute atomic E-state index is 12.6. The maximum atomic E-state index is 12.6. The first-order valence-electron chi connectivity index (χ1n) is 9.01. The third-order valence-corrected chi connectivity index (χ3v) is 4.22. The van der Waals surface area contributed by atoms with Crippen LogP contribution in [0.3, 0.4) is 0 Å². The van der Waals surface area contributed by atoms with E-state index in [4.69, 9.17) is 24.4 Å². The van der Waals surface area contributed by atoms with E-state index < -0.39 is 11.5 Å². The monoisotopic (exact) mass is 382 g/mol. The van der Waals surface area contributed by atoms with E-state index in [2.05, 4.69) is 6.07 Å². The molecule has 2 aromatic rings. The van der Waals surface area contributed by atoms with Crippen LogP contribution in [-0.2, 0) is 0 Å². The number of rotatable bonds is 5. The Morgan fingerprint density at radius 3 is 2.68 bits per heavy atom. The molecule has 0 radical (unpaired) electrons. The third kappa shape index (κ3) is 3.54. The van der Waals surface area contributed by atoms with E-state index >= 15 is 0 Å². The number of nitriles is 1. The van der Waals surface area contributed by atoms with Crippen molar-refractivity contribution in [1.82, 2.24) is 0 Å². The van der Waals surface area contributed by atoms with Gasteiger partial charge in [-0.2, -0.15) is 5.26 Å². The lowest BCUT2D eigenvalue weighted by Gasteiger charge is -2.26. The number of ether oxygens (including phenoxy) is 3. The molecule has 1 aromatic heterocycles. The topological polar surface area (TPSA) is 108 Å². The second-order valence-electron chi connectivity index (χ2n) is 6.65. The normalized spacial score (nSPS) is 15.6. The molecule has 0 aliphatic carbocycles. The summed E-state index contributed by atoms with van der Waals surface area (Å²) in [5.41, 5.74) is 6.43. The Kier molecular flexibility index (Phi) is 5.32. The van der Waals surface area contributed by atoms with E-state index in [9.17, 15) is 10.1 Å². The van der Waals surface area contributed by atoms with Gasteiger partial charge in [0.25, 0.3) is 0 Å². The quantitative estimate of drug-likeness (QED) is 0.845. The SMILES string of the molecule is CCOc1cc([C@@H]2C(C#N)=C(N)Oc3cc(C)oc(=O)c32)ccc1OC(C)C.